The van der Waals surface area contributed by atoms with Gasteiger partial charge in [-0.3, -0.25) is 9.48 Å². The number of carbonyl (C=O) groups is 1. The molecule has 3 aromatic carbocycles. The van der Waals surface area contributed by atoms with Crippen LogP contribution in [-0.4, -0.2) is 15.7 Å². The highest BCUT2D eigenvalue weighted by Crippen LogP contribution is 2.26. The number of rotatable bonds is 7. The number of amides is 1. The van der Waals surface area contributed by atoms with E-state index in [0.717, 1.165) is 11.1 Å². The Kier molecular flexibility index (Phi) is 6.96. The lowest BCUT2D eigenvalue weighted by Crippen LogP contribution is -2.13. The molecule has 1 aromatic heterocycles. The summed E-state index contributed by atoms with van der Waals surface area (Å²) in [5.74, 6) is 0.260. The smallest absolute Gasteiger partial charge is 0.256 e. The van der Waals surface area contributed by atoms with Crippen molar-refractivity contribution in [3.8, 4) is 5.75 Å². The van der Waals surface area contributed by atoms with Gasteiger partial charge in [0.25, 0.3) is 5.91 Å². The molecule has 0 fully saturated rings. The van der Waals surface area contributed by atoms with Gasteiger partial charge in [0.05, 0.1) is 11.6 Å². The number of aromatic nitrogens is 2. The molecule has 1 N–H and O–H groups in total. The summed E-state index contributed by atoms with van der Waals surface area (Å²) in [5, 5.41) is 7.89. The first-order valence-corrected chi connectivity index (χ1v) is 10.9. The standard InChI is InChI=1S/C25H20Cl2FN3O2/c1-16-5-10-21(27)23(13-16)33-15-17-6-8-18(9-7-17)25(32)29-24-11-12-31(30-24)14-19-20(26)3-2-4-22(19)28/h2-13H,14-15H2,1H3,(H,29,30,32). The summed E-state index contributed by atoms with van der Waals surface area (Å²) in [6.45, 7) is 2.45. The molecular formula is C25H20Cl2FN3O2. The van der Waals surface area contributed by atoms with Crippen molar-refractivity contribution in [3.63, 3.8) is 0 Å². The van der Waals surface area contributed by atoms with Gasteiger partial charge in [0, 0.05) is 28.4 Å². The van der Waals surface area contributed by atoms with Gasteiger partial charge in [-0.05, 0) is 54.4 Å². The molecule has 4 aromatic rings. The Morgan fingerprint density at radius 1 is 1.06 bits per heavy atom. The third-order valence-electron chi connectivity index (χ3n) is 4.96. The summed E-state index contributed by atoms with van der Waals surface area (Å²) >= 11 is 12.2. The highest BCUT2D eigenvalue weighted by atomic mass is 35.5. The van der Waals surface area contributed by atoms with E-state index in [1.54, 1.807) is 42.6 Å². The molecule has 4 rings (SSSR count). The van der Waals surface area contributed by atoms with E-state index in [1.165, 1.54) is 10.7 Å². The van der Waals surface area contributed by atoms with Gasteiger partial charge in [-0.25, -0.2) is 4.39 Å². The quantitative estimate of drug-likeness (QED) is 0.325. The molecule has 0 saturated heterocycles. The molecule has 1 heterocycles. The number of halogens is 3. The highest BCUT2D eigenvalue weighted by molar-refractivity contribution is 6.32. The van der Waals surface area contributed by atoms with Crippen LogP contribution in [0.4, 0.5) is 10.2 Å². The lowest BCUT2D eigenvalue weighted by atomic mass is 10.1. The predicted octanol–water partition coefficient (Wildman–Crippen LogP) is 6.52. The Bertz CT molecular complexity index is 1270. The van der Waals surface area contributed by atoms with E-state index in [2.05, 4.69) is 10.4 Å². The topological polar surface area (TPSA) is 56.1 Å². The maximum atomic E-state index is 14.0. The minimum absolute atomic E-state index is 0.154. The van der Waals surface area contributed by atoms with Crippen molar-refractivity contribution in [2.24, 2.45) is 0 Å². The van der Waals surface area contributed by atoms with Gasteiger partial charge in [-0.2, -0.15) is 5.10 Å². The Morgan fingerprint density at radius 3 is 2.61 bits per heavy atom. The molecular weight excluding hydrogens is 464 g/mol. The average molecular weight is 484 g/mol. The molecule has 0 atom stereocenters. The maximum absolute atomic E-state index is 14.0. The number of hydrogen-bond donors (Lipinski definition) is 1. The average Bonchev–Trinajstić information content (AvgIpc) is 3.24. The van der Waals surface area contributed by atoms with Gasteiger partial charge >= 0.3 is 0 Å². The van der Waals surface area contributed by atoms with Gasteiger partial charge in [0.15, 0.2) is 5.82 Å². The lowest BCUT2D eigenvalue weighted by Gasteiger charge is -2.09. The summed E-state index contributed by atoms with van der Waals surface area (Å²) in [7, 11) is 0. The van der Waals surface area contributed by atoms with Gasteiger partial charge in [-0.1, -0.05) is 47.5 Å². The molecule has 0 spiro atoms. The molecule has 1 amide bonds. The van der Waals surface area contributed by atoms with Crippen LogP contribution in [0.15, 0.2) is 72.9 Å². The summed E-state index contributed by atoms with van der Waals surface area (Å²) in [5.41, 5.74) is 2.76. The van der Waals surface area contributed by atoms with E-state index in [9.17, 15) is 9.18 Å². The fourth-order valence-electron chi connectivity index (χ4n) is 3.18. The third kappa shape index (κ3) is 5.72. The van der Waals surface area contributed by atoms with Gasteiger partial charge in [-0.15, -0.1) is 0 Å². The van der Waals surface area contributed by atoms with Crippen LogP contribution in [-0.2, 0) is 13.2 Å². The van der Waals surface area contributed by atoms with E-state index in [0.29, 0.717) is 39.3 Å². The van der Waals surface area contributed by atoms with Crippen molar-refractivity contribution in [1.29, 1.82) is 0 Å². The zero-order valence-corrected chi connectivity index (χ0v) is 19.2. The van der Waals surface area contributed by atoms with E-state index in [4.69, 9.17) is 27.9 Å². The Morgan fingerprint density at radius 2 is 1.85 bits per heavy atom. The van der Waals surface area contributed by atoms with Crippen molar-refractivity contribution in [2.45, 2.75) is 20.1 Å². The summed E-state index contributed by atoms with van der Waals surface area (Å²) < 4.78 is 21.3. The lowest BCUT2D eigenvalue weighted by molar-refractivity contribution is 0.102. The van der Waals surface area contributed by atoms with Crippen LogP contribution in [0.1, 0.15) is 27.0 Å². The van der Waals surface area contributed by atoms with Crippen LogP contribution in [0.25, 0.3) is 0 Å². The van der Waals surface area contributed by atoms with Crippen LogP contribution < -0.4 is 10.1 Å². The van der Waals surface area contributed by atoms with Crippen LogP contribution in [0.3, 0.4) is 0 Å². The molecule has 33 heavy (non-hydrogen) atoms. The number of benzene rings is 3. The van der Waals surface area contributed by atoms with E-state index >= 15 is 0 Å². The zero-order valence-electron chi connectivity index (χ0n) is 17.7. The molecule has 0 aliphatic rings. The second-order valence-electron chi connectivity index (χ2n) is 7.47. The SMILES string of the molecule is Cc1ccc(Cl)c(OCc2ccc(C(=O)Nc3ccn(Cc4c(F)cccc4Cl)n3)cc2)c1. The number of anilines is 1. The fraction of sp³-hybridized carbons (Fsp3) is 0.120. The number of hydrogen-bond acceptors (Lipinski definition) is 3. The Hall–Kier alpha value is -3.35. The van der Waals surface area contributed by atoms with E-state index in [1.807, 2.05) is 31.2 Å². The molecule has 0 bridgehead atoms. The summed E-state index contributed by atoms with van der Waals surface area (Å²) in [6.07, 6.45) is 1.65. The summed E-state index contributed by atoms with van der Waals surface area (Å²) in [6, 6.07) is 18.8. The number of carbonyl (C=O) groups excluding carboxylic acids is 1. The van der Waals surface area contributed by atoms with Crippen LogP contribution in [0.5, 0.6) is 5.75 Å². The second kappa shape index (κ2) is 10.1. The van der Waals surface area contributed by atoms with Crippen LogP contribution in [0.2, 0.25) is 10.0 Å². The number of ether oxygens (including phenoxy) is 1. The third-order valence-corrected chi connectivity index (χ3v) is 5.63. The normalized spacial score (nSPS) is 10.8. The second-order valence-corrected chi connectivity index (χ2v) is 8.29. The highest BCUT2D eigenvalue weighted by Gasteiger charge is 2.11. The van der Waals surface area contributed by atoms with Crippen LogP contribution >= 0.6 is 23.2 Å². The van der Waals surface area contributed by atoms with Crippen molar-refractivity contribution in [1.82, 2.24) is 9.78 Å². The minimum atomic E-state index is -0.405. The largest absolute Gasteiger partial charge is 0.487 e. The molecule has 168 valence electrons. The fourth-order valence-corrected chi connectivity index (χ4v) is 3.58. The van der Waals surface area contributed by atoms with Crippen LogP contribution in [0, 0.1) is 12.7 Å². The first kappa shape index (κ1) is 22.8. The van der Waals surface area contributed by atoms with Crippen molar-refractivity contribution < 1.29 is 13.9 Å². The zero-order chi connectivity index (χ0) is 23.4. The van der Waals surface area contributed by atoms with Crippen molar-refractivity contribution in [2.75, 3.05) is 5.32 Å². The molecule has 0 aliphatic heterocycles. The molecule has 0 saturated carbocycles. The molecule has 5 nitrogen and oxygen atoms in total. The van der Waals surface area contributed by atoms with Gasteiger partial charge in [0.2, 0.25) is 0 Å². The first-order chi connectivity index (χ1) is 15.9. The van der Waals surface area contributed by atoms with Gasteiger partial charge in [0.1, 0.15) is 18.2 Å². The molecule has 0 unspecified atom stereocenters. The van der Waals surface area contributed by atoms with E-state index < -0.39 is 5.82 Å². The predicted molar refractivity (Wildman–Crippen MR) is 128 cm³/mol. The Labute approximate surface area is 200 Å². The first-order valence-electron chi connectivity index (χ1n) is 10.1. The number of aryl methyl sites for hydroxylation is 1. The van der Waals surface area contributed by atoms with Crippen molar-refractivity contribution >= 4 is 34.9 Å². The molecule has 8 heteroatoms. The summed E-state index contributed by atoms with van der Waals surface area (Å²) in [4.78, 5) is 12.6. The van der Waals surface area contributed by atoms with E-state index in [-0.39, 0.29) is 12.5 Å². The molecule has 0 aliphatic carbocycles. The van der Waals surface area contributed by atoms with Crippen molar-refractivity contribution in [3.05, 3.63) is 111 Å². The maximum Gasteiger partial charge on any atom is 0.256 e. The Balaban J connectivity index is 1.36. The number of nitrogens with one attached hydrogen (secondary N) is 1. The monoisotopic (exact) mass is 483 g/mol. The minimum Gasteiger partial charge on any atom is -0.487 e. The van der Waals surface area contributed by atoms with Gasteiger partial charge < -0.3 is 10.1 Å². The molecule has 0 radical (unpaired) electrons. The number of nitrogens with zero attached hydrogens (tertiary/aromatic N) is 2.